The van der Waals surface area contributed by atoms with Crippen molar-refractivity contribution < 1.29 is 9.90 Å². The molecule has 37 heavy (non-hydrogen) atoms. The number of nitrogens with one attached hydrogen (secondary N) is 2. The maximum Gasteiger partial charge on any atom is 0.271 e. The third-order valence-corrected chi connectivity index (χ3v) is 7.47. The van der Waals surface area contributed by atoms with E-state index in [9.17, 15) is 9.90 Å². The lowest BCUT2D eigenvalue weighted by molar-refractivity contribution is 0.0996. The Hall–Kier alpha value is -2.95. The molecule has 202 valence electrons. The number of aryl methyl sites for hydroxylation is 1. The van der Waals surface area contributed by atoms with E-state index in [-0.39, 0.29) is 17.8 Å². The molecule has 10 nitrogen and oxygen atoms in total. The summed E-state index contributed by atoms with van der Waals surface area (Å²) in [7, 11) is 4.27. The fraction of sp³-hybridized carbons (Fsp3) is 0.593. The van der Waals surface area contributed by atoms with Crippen LogP contribution >= 0.6 is 0 Å². The fourth-order valence-corrected chi connectivity index (χ4v) is 4.95. The van der Waals surface area contributed by atoms with E-state index in [4.69, 9.17) is 10.7 Å². The van der Waals surface area contributed by atoms with Crippen LogP contribution in [0.5, 0.6) is 0 Å². The van der Waals surface area contributed by atoms with Gasteiger partial charge in [0.25, 0.3) is 5.91 Å². The summed E-state index contributed by atoms with van der Waals surface area (Å²) in [5.74, 6) is 0.398. The van der Waals surface area contributed by atoms with Gasteiger partial charge in [-0.15, -0.1) is 0 Å². The molecule has 0 unspecified atom stereocenters. The Kier molecular flexibility index (Phi) is 9.18. The van der Waals surface area contributed by atoms with E-state index in [1.165, 1.54) is 0 Å². The Morgan fingerprint density at radius 1 is 1.14 bits per heavy atom. The summed E-state index contributed by atoms with van der Waals surface area (Å²) in [5.41, 5.74) is 8.44. The van der Waals surface area contributed by atoms with Gasteiger partial charge in [-0.05, 0) is 57.4 Å². The lowest BCUT2D eigenvalue weighted by Crippen LogP contribution is -2.46. The van der Waals surface area contributed by atoms with Crippen molar-refractivity contribution >= 4 is 28.9 Å². The quantitative estimate of drug-likeness (QED) is 0.381. The molecule has 1 saturated carbocycles. The number of carbonyl (C=O) groups excluding carboxylic acids is 1. The van der Waals surface area contributed by atoms with Gasteiger partial charge in [0.2, 0.25) is 0 Å². The summed E-state index contributed by atoms with van der Waals surface area (Å²) in [6.07, 6.45) is 3.68. The van der Waals surface area contributed by atoms with E-state index in [0.29, 0.717) is 23.8 Å². The first-order valence-electron chi connectivity index (χ1n) is 13.5. The van der Waals surface area contributed by atoms with E-state index in [2.05, 4.69) is 56.5 Å². The largest absolute Gasteiger partial charge is 0.393 e. The number of aliphatic hydroxyl groups is 1. The summed E-state index contributed by atoms with van der Waals surface area (Å²) < 4.78 is 0. The monoisotopic (exact) mass is 510 g/mol. The van der Waals surface area contributed by atoms with Crippen LogP contribution in [0.1, 0.15) is 48.8 Å². The van der Waals surface area contributed by atoms with Gasteiger partial charge in [-0.2, -0.15) is 0 Å². The minimum Gasteiger partial charge on any atom is -0.393 e. The Balaban J connectivity index is 1.48. The highest BCUT2D eigenvalue weighted by atomic mass is 16.3. The number of nitrogens with two attached hydrogens (primary N) is 1. The Labute approximate surface area is 220 Å². The molecule has 5 N–H and O–H groups in total. The molecular weight excluding hydrogens is 468 g/mol. The second kappa shape index (κ2) is 12.5. The molecule has 0 radical (unpaired) electrons. The van der Waals surface area contributed by atoms with Crippen LogP contribution in [0.15, 0.2) is 24.3 Å². The highest BCUT2D eigenvalue weighted by Gasteiger charge is 2.23. The Bertz CT molecular complexity index is 1050. The first-order valence-corrected chi connectivity index (χ1v) is 13.5. The van der Waals surface area contributed by atoms with Gasteiger partial charge < -0.3 is 31.3 Å². The SMILES string of the molecule is CCc1nc(C(N)=O)c(Nc2cccc(N(C)CCN3CCN(C)CC3)c2)nc1N[C@H]1CC[C@H](O)CC1. The highest BCUT2D eigenvalue weighted by Crippen LogP contribution is 2.27. The molecule has 0 bridgehead atoms. The minimum absolute atomic E-state index is 0.135. The number of primary amides is 1. The summed E-state index contributed by atoms with van der Waals surface area (Å²) in [6.45, 7) is 8.36. The van der Waals surface area contributed by atoms with Gasteiger partial charge >= 0.3 is 0 Å². The first kappa shape index (κ1) is 27.1. The van der Waals surface area contributed by atoms with Crippen LogP contribution in [0.3, 0.4) is 0 Å². The van der Waals surface area contributed by atoms with Crippen molar-refractivity contribution in [1.82, 2.24) is 19.8 Å². The maximum absolute atomic E-state index is 12.3. The van der Waals surface area contributed by atoms with Crippen molar-refractivity contribution in [3.05, 3.63) is 35.7 Å². The third-order valence-electron chi connectivity index (χ3n) is 7.47. The third kappa shape index (κ3) is 7.30. The molecule has 2 aliphatic rings. The van der Waals surface area contributed by atoms with E-state index in [0.717, 1.165) is 76.3 Å². The van der Waals surface area contributed by atoms with E-state index >= 15 is 0 Å². The van der Waals surface area contributed by atoms with Crippen molar-refractivity contribution in [2.24, 2.45) is 5.73 Å². The standard InChI is InChI=1S/C27H42N8O2/c1-4-23-26(29-19-8-10-22(36)11-9-19)32-27(24(31-23)25(28)37)30-20-6-5-7-21(18-20)34(3)14-17-35-15-12-33(2)13-16-35/h5-7,18-19,22,36H,4,8-17H2,1-3H3,(H2,28,37)(H2,29,30,32)/t19-,22-. The maximum atomic E-state index is 12.3. The minimum atomic E-state index is -0.613. The van der Waals surface area contributed by atoms with Gasteiger partial charge in [0.05, 0.1) is 11.8 Å². The van der Waals surface area contributed by atoms with Gasteiger partial charge in [0, 0.05) is 63.7 Å². The number of piperazine rings is 1. The van der Waals surface area contributed by atoms with Crippen molar-refractivity contribution in [2.75, 3.05) is 68.9 Å². The number of rotatable bonds is 10. The summed E-state index contributed by atoms with van der Waals surface area (Å²) in [5, 5.41) is 16.6. The van der Waals surface area contributed by atoms with E-state index < -0.39 is 5.91 Å². The molecule has 1 aromatic heterocycles. The number of aromatic nitrogens is 2. The zero-order valence-electron chi connectivity index (χ0n) is 22.4. The molecule has 10 heteroatoms. The molecule has 4 rings (SSSR count). The summed E-state index contributed by atoms with van der Waals surface area (Å²) >= 11 is 0. The number of amides is 1. The van der Waals surface area contributed by atoms with Gasteiger partial charge in [-0.1, -0.05) is 13.0 Å². The fourth-order valence-electron chi connectivity index (χ4n) is 4.95. The van der Waals surface area contributed by atoms with Gasteiger partial charge in [0.15, 0.2) is 11.5 Å². The van der Waals surface area contributed by atoms with Gasteiger partial charge in [-0.3, -0.25) is 9.69 Å². The first-order chi connectivity index (χ1) is 17.8. The van der Waals surface area contributed by atoms with Crippen LogP contribution in [0.2, 0.25) is 0 Å². The van der Waals surface area contributed by atoms with Crippen LogP contribution in [0, 0.1) is 0 Å². The molecule has 1 amide bonds. The van der Waals surface area contributed by atoms with Crippen molar-refractivity contribution in [3.63, 3.8) is 0 Å². The van der Waals surface area contributed by atoms with Crippen LogP contribution in [-0.4, -0.2) is 96.3 Å². The number of hydrogen-bond acceptors (Lipinski definition) is 9. The number of benzene rings is 1. The molecule has 2 aromatic rings. The van der Waals surface area contributed by atoms with Crippen LogP contribution in [-0.2, 0) is 6.42 Å². The number of anilines is 4. The number of nitrogens with zero attached hydrogens (tertiary/aromatic N) is 5. The predicted octanol–water partition coefficient (Wildman–Crippen LogP) is 2.28. The van der Waals surface area contributed by atoms with Gasteiger partial charge in [-0.25, -0.2) is 9.97 Å². The summed E-state index contributed by atoms with van der Waals surface area (Å²) in [4.78, 5) is 28.7. The smallest absolute Gasteiger partial charge is 0.271 e. The molecule has 0 spiro atoms. The zero-order valence-corrected chi connectivity index (χ0v) is 22.4. The number of aliphatic hydroxyl groups excluding tert-OH is 1. The van der Waals surface area contributed by atoms with Crippen LogP contribution < -0.4 is 21.3 Å². The normalized spacial score (nSPS) is 21.0. The zero-order chi connectivity index (χ0) is 26.4. The Morgan fingerprint density at radius 3 is 2.54 bits per heavy atom. The number of hydrogen-bond donors (Lipinski definition) is 4. The predicted molar refractivity (Wildman–Crippen MR) is 149 cm³/mol. The van der Waals surface area contributed by atoms with Crippen LogP contribution in [0.25, 0.3) is 0 Å². The highest BCUT2D eigenvalue weighted by molar-refractivity contribution is 5.96. The molecule has 1 aromatic carbocycles. The second-order valence-corrected chi connectivity index (χ2v) is 10.3. The lowest BCUT2D eigenvalue weighted by Gasteiger charge is -2.33. The lowest BCUT2D eigenvalue weighted by atomic mass is 9.93. The number of carbonyl (C=O) groups is 1. The molecule has 2 heterocycles. The van der Waals surface area contributed by atoms with E-state index in [1.54, 1.807) is 0 Å². The molecule has 2 fully saturated rings. The second-order valence-electron chi connectivity index (χ2n) is 10.3. The van der Waals surface area contributed by atoms with Gasteiger partial charge in [0.1, 0.15) is 5.82 Å². The van der Waals surface area contributed by atoms with Crippen molar-refractivity contribution in [3.8, 4) is 0 Å². The summed E-state index contributed by atoms with van der Waals surface area (Å²) in [6, 6.07) is 8.30. The molecule has 0 atom stereocenters. The van der Waals surface area contributed by atoms with Crippen molar-refractivity contribution in [2.45, 2.75) is 51.2 Å². The van der Waals surface area contributed by atoms with E-state index in [1.807, 2.05) is 19.1 Å². The average molecular weight is 511 g/mol. The molecule has 1 aliphatic heterocycles. The Morgan fingerprint density at radius 2 is 1.86 bits per heavy atom. The van der Waals surface area contributed by atoms with Crippen LogP contribution in [0.4, 0.5) is 23.0 Å². The molecule has 1 aliphatic carbocycles. The number of likely N-dealkylation sites (N-methyl/N-ethyl adjacent to an activating group) is 2. The average Bonchev–Trinajstić information content (AvgIpc) is 2.89. The molecular formula is C27H42N8O2. The topological polar surface area (TPSA) is 123 Å². The van der Waals surface area contributed by atoms with Crippen molar-refractivity contribution in [1.29, 1.82) is 0 Å². The molecule has 1 saturated heterocycles.